The van der Waals surface area contributed by atoms with Crippen molar-refractivity contribution in [2.24, 2.45) is 0 Å². The molecule has 0 bridgehead atoms. The van der Waals surface area contributed by atoms with E-state index in [-0.39, 0.29) is 18.1 Å². The van der Waals surface area contributed by atoms with Crippen LogP contribution in [-0.4, -0.2) is 31.9 Å². The number of aromatic nitrogens is 3. The van der Waals surface area contributed by atoms with E-state index in [2.05, 4.69) is 20.7 Å². The quantitative estimate of drug-likeness (QED) is 0.645. The van der Waals surface area contributed by atoms with Crippen molar-refractivity contribution in [2.45, 2.75) is 37.6 Å². The molecule has 4 rings (SSSR count). The zero-order valence-electron chi connectivity index (χ0n) is 14.2. The highest BCUT2D eigenvalue weighted by molar-refractivity contribution is 5.58. The lowest BCUT2D eigenvalue weighted by atomic mass is 10.2. The molecule has 2 aromatic heterocycles. The van der Waals surface area contributed by atoms with Crippen LogP contribution < -0.4 is 10.6 Å². The van der Waals surface area contributed by atoms with Gasteiger partial charge in [-0.1, -0.05) is 6.07 Å². The van der Waals surface area contributed by atoms with E-state index in [9.17, 15) is 18.3 Å². The maximum absolute atomic E-state index is 12.7. The molecule has 2 atom stereocenters. The van der Waals surface area contributed by atoms with Gasteiger partial charge in [0.25, 0.3) is 0 Å². The molecule has 1 aliphatic rings. The van der Waals surface area contributed by atoms with Gasteiger partial charge in [0.2, 0.25) is 5.95 Å². The van der Waals surface area contributed by atoms with Crippen LogP contribution in [0.1, 0.15) is 24.8 Å². The number of pyridine rings is 1. The van der Waals surface area contributed by atoms with Gasteiger partial charge in [0.15, 0.2) is 5.65 Å². The molecule has 0 aliphatic heterocycles. The lowest BCUT2D eigenvalue weighted by molar-refractivity contribution is -0.137. The van der Waals surface area contributed by atoms with Crippen LogP contribution in [0.25, 0.3) is 5.65 Å². The number of benzene rings is 1. The second-order valence-electron chi connectivity index (χ2n) is 6.62. The van der Waals surface area contributed by atoms with Gasteiger partial charge < -0.3 is 15.7 Å². The first kappa shape index (κ1) is 17.6. The number of hydrogen-bond acceptors (Lipinski definition) is 5. The van der Waals surface area contributed by atoms with E-state index >= 15 is 0 Å². The van der Waals surface area contributed by atoms with E-state index in [1.807, 2.05) is 12.1 Å². The summed E-state index contributed by atoms with van der Waals surface area (Å²) in [6, 6.07) is 10.4. The molecule has 27 heavy (non-hydrogen) atoms. The number of aliphatic hydroxyl groups excluding tert-OH is 1. The summed E-state index contributed by atoms with van der Waals surface area (Å²) in [6.07, 6.45) is -2.32. The van der Waals surface area contributed by atoms with Crippen LogP contribution in [0.2, 0.25) is 0 Å². The van der Waals surface area contributed by atoms with Crippen LogP contribution in [0, 0.1) is 0 Å². The molecule has 0 amide bonds. The molecule has 6 nitrogen and oxygen atoms in total. The Labute approximate surface area is 153 Å². The van der Waals surface area contributed by atoms with Crippen molar-refractivity contribution in [2.75, 3.05) is 10.6 Å². The summed E-state index contributed by atoms with van der Waals surface area (Å²) in [4.78, 5) is 4.36. The van der Waals surface area contributed by atoms with Crippen molar-refractivity contribution in [3.05, 3.63) is 48.0 Å². The van der Waals surface area contributed by atoms with Gasteiger partial charge in [0.1, 0.15) is 5.82 Å². The first-order chi connectivity index (χ1) is 12.9. The summed E-state index contributed by atoms with van der Waals surface area (Å²) in [6.45, 7) is 0. The van der Waals surface area contributed by atoms with E-state index in [0.717, 1.165) is 30.8 Å². The van der Waals surface area contributed by atoms with E-state index in [0.29, 0.717) is 17.8 Å². The number of fused-ring (bicyclic) bond motifs is 1. The Hall–Kier alpha value is -2.81. The molecule has 0 saturated heterocycles. The Morgan fingerprint density at radius 2 is 1.85 bits per heavy atom. The molecule has 1 fully saturated rings. The fourth-order valence-corrected chi connectivity index (χ4v) is 3.24. The van der Waals surface area contributed by atoms with Gasteiger partial charge in [-0.15, -0.1) is 5.10 Å². The summed E-state index contributed by atoms with van der Waals surface area (Å²) in [5.74, 6) is 1.04. The maximum atomic E-state index is 12.7. The number of hydrogen-bond donors (Lipinski definition) is 3. The number of anilines is 3. The first-order valence-electron chi connectivity index (χ1n) is 8.63. The average Bonchev–Trinajstić information content (AvgIpc) is 3.21. The van der Waals surface area contributed by atoms with Crippen molar-refractivity contribution in [3.8, 4) is 0 Å². The highest BCUT2D eigenvalue weighted by atomic mass is 19.4. The highest BCUT2D eigenvalue weighted by Gasteiger charge is 2.30. The van der Waals surface area contributed by atoms with Crippen molar-refractivity contribution < 1.29 is 18.3 Å². The molecular formula is C18H18F3N5O. The second-order valence-corrected chi connectivity index (χ2v) is 6.62. The summed E-state index contributed by atoms with van der Waals surface area (Å²) in [7, 11) is 0. The molecule has 2 heterocycles. The van der Waals surface area contributed by atoms with Crippen molar-refractivity contribution in [3.63, 3.8) is 0 Å². The molecule has 1 aliphatic carbocycles. The van der Waals surface area contributed by atoms with Crippen LogP contribution in [0.15, 0.2) is 42.5 Å². The topological polar surface area (TPSA) is 74.5 Å². The minimum absolute atomic E-state index is 0.168. The van der Waals surface area contributed by atoms with E-state index in [1.165, 1.54) is 12.1 Å². The summed E-state index contributed by atoms with van der Waals surface area (Å²) < 4.78 is 39.6. The fraction of sp³-hybridized carbons (Fsp3) is 0.333. The molecule has 0 radical (unpaired) electrons. The van der Waals surface area contributed by atoms with Gasteiger partial charge in [-0.3, -0.25) is 0 Å². The van der Waals surface area contributed by atoms with Crippen molar-refractivity contribution in [1.82, 2.24) is 14.6 Å². The van der Waals surface area contributed by atoms with Crippen LogP contribution >= 0.6 is 0 Å². The molecule has 1 aromatic carbocycles. The summed E-state index contributed by atoms with van der Waals surface area (Å²) in [5, 5.41) is 20.3. The number of halogens is 3. The molecule has 9 heteroatoms. The number of nitrogens with one attached hydrogen (secondary N) is 2. The molecule has 0 spiro atoms. The molecule has 142 valence electrons. The van der Waals surface area contributed by atoms with Gasteiger partial charge in [0, 0.05) is 11.7 Å². The second kappa shape index (κ2) is 6.73. The predicted octanol–water partition coefficient (Wildman–Crippen LogP) is 3.82. The molecule has 1 saturated carbocycles. The highest BCUT2D eigenvalue weighted by Crippen LogP contribution is 2.30. The van der Waals surface area contributed by atoms with Gasteiger partial charge in [-0.05, 0) is 55.7 Å². The molecule has 3 N–H and O–H groups in total. The lowest BCUT2D eigenvalue weighted by Gasteiger charge is -2.14. The molecule has 3 aromatic rings. The monoisotopic (exact) mass is 377 g/mol. The van der Waals surface area contributed by atoms with Gasteiger partial charge in [-0.2, -0.15) is 22.7 Å². The summed E-state index contributed by atoms with van der Waals surface area (Å²) in [5.41, 5.74) is 0.363. The number of alkyl halides is 3. The van der Waals surface area contributed by atoms with Gasteiger partial charge >= 0.3 is 6.18 Å². The zero-order chi connectivity index (χ0) is 19.0. The largest absolute Gasteiger partial charge is 0.416 e. The minimum atomic E-state index is -4.37. The Bertz CT molecular complexity index is 938. The number of nitrogens with zero attached hydrogens (tertiary/aromatic N) is 3. The van der Waals surface area contributed by atoms with Crippen LogP contribution in [-0.2, 0) is 6.18 Å². The average molecular weight is 377 g/mol. The van der Waals surface area contributed by atoms with Crippen LogP contribution in [0.4, 0.5) is 30.6 Å². The number of rotatable bonds is 4. The molecule has 0 unspecified atom stereocenters. The Morgan fingerprint density at radius 1 is 1.07 bits per heavy atom. The summed E-state index contributed by atoms with van der Waals surface area (Å²) >= 11 is 0. The third-order valence-electron chi connectivity index (χ3n) is 4.59. The van der Waals surface area contributed by atoms with E-state index < -0.39 is 11.7 Å². The fourth-order valence-electron chi connectivity index (χ4n) is 3.24. The normalized spacial score (nSPS) is 20.1. The van der Waals surface area contributed by atoms with E-state index in [1.54, 1.807) is 10.6 Å². The number of aliphatic hydroxyl groups is 1. The van der Waals surface area contributed by atoms with Gasteiger partial charge in [0.05, 0.1) is 11.7 Å². The third-order valence-corrected chi connectivity index (χ3v) is 4.59. The predicted molar refractivity (Wildman–Crippen MR) is 95.0 cm³/mol. The minimum Gasteiger partial charge on any atom is -0.393 e. The van der Waals surface area contributed by atoms with E-state index in [4.69, 9.17) is 0 Å². The molecular weight excluding hydrogens is 359 g/mol. The van der Waals surface area contributed by atoms with Crippen molar-refractivity contribution in [1.29, 1.82) is 0 Å². The SMILES string of the molecule is O[C@H]1CC[C@H](Nc2cccc3nc(Nc4ccc(C(F)(F)F)cc4)nn23)C1. The Kier molecular flexibility index (Phi) is 4.39. The van der Waals surface area contributed by atoms with Crippen LogP contribution in [0.5, 0.6) is 0 Å². The lowest BCUT2D eigenvalue weighted by Crippen LogP contribution is -2.18. The third kappa shape index (κ3) is 3.82. The maximum Gasteiger partial charge on any atom is 0.416 e. The Morgan fingerprint density at radius 3 is 2.52 bits per heavy atom. The smallest absolute Gasteiger partial charge is 0.393 e. The van der Waals surface area contributed by atoms with Gasteiger partial charge in [-0.25, -0.2) is 0 Å². The Balaban J connectivity index is 1.54. The standard InChI is InChI=1S/C18H18F3N5O/c19-18(20,21)11-4-6-12(7-5-11)23-17-24-16-3-1-2-15(26(16)25-17)22-13-8-9-14(27)10-13/h1-7,13-14,22,27H,8-10H2,(H,23,25)/t13-,14-/m0/s1. The zero-order valence-corrected chi connectivity index (χ0v) is 14.2. The van der Waals surface area contributed by atoms with Crippen LogP contribution in [0.3, 0.4) is 0 Å². The van der Waals surface area contributed by atoms with Crippen molar-refractivity contribution >= 4 is 23.1 Å². The first-order valence-corrected chi connectivity index (χ1v) is 8.63.